The maximum atomic E-state index is 6.47. The van der Waals surface area contributed by atoms with Crippen LogP contribution in [0.25, 0.3) is 0 Å². The van der Waals surface area contributed by atoms with Crippen molar-refractivity contribution in [3.8, 4) is 5.75 Å². The Balaban J connectivity index is 2.29. The van der Waals surface area contributed by atoms with Gasteiger partial charge >= 0.3 is 0 Å². The van der Waals surface area contributed by atoms with Crippen LogP contribution in [0.2, 0.25) is 0 Å². The highest BCUT2D eigenvalue weighted by atomic mass is 16.5. The van der Waals surface area contributed by atoms with E-state index in [1.807, 2.05) is 7.05 Å². The summed E-state index contributed by atoms with van der Waals surface area (Å²) in [7, 11) is 3.72. The molecule has 100 valence electrons. The molecule has 0 aliphatic heterocycles. The second kappa shape index (κ2) is 4.90. The molecule has 0 bridgehead atoms. The van der Waals surface area contributed by atoms with Crippen molar-refractivity contribution >= 4 is 0 Å². The summed E-state index contributed by atoms with van der Waals surface area (Å²) in [5.41, 5.74) is 10.3. The molecule has 1 fully saturated rings. The SMILES string of the molecule is CNCC1(C(N)c2cc(C)c(OC)c(C)c2)CC1. The fraction of sp³-hybridized carbons (Fsp3) is 0.600. The molecule has 0 heterocycles. The van der Waals surface area contributed by atoms with Crippen molar-refractivity contribution in [1.82, 2.24) is 5.32 Å². The zero-order valence-electron chi connectivity index (χ0n) is 11.8. The second-order valence-corrected chi connectivity index (χ2v) is 5.56. The topological polar surface area (TPSA) is 47.3 Å². The minimum absolute atomic E-state index is 0.119. The molecule has 1 aromatic carbocycles. The van der Waals surface area contributed by atoms with Crippen LogP contribution in [-0.4, -0.2) is 20.7 Å². The Hall–Kier alpha value is -1.06. The van der Waals surface area contributed by atoms with E-state index in [0.29, 0.717) is 0 Å². The van der Waals surface area contributed by atoms with Gasteiger partial charge in [0.05, 0.1) is 7.11 Å². The fourth-order valence-electron chi connectivity index (χ4n) is 2.95. The van der Waals surface area contributed by atoms with Gasteiger partial charge in [-0.15, -0.1) is 0 Å². The van der Waals surface area contributed by atoms with Gasteiger partial charge in [-0.3, -0.25) is 0 Å². The second-order valence-electron chi connectivity index (χ2n) is 5.56. The summed E-state index contributed by atoms with van der Waals surface area (Å²) in [6.07, 6.45) is 2.44. The third kappa shape index (κ3) is 2.25. The minimum atomic E-state index is 0.119. The number of hydrogen-bond acceptors (Lipinski definition) is 3. The molecule has 1 atom stereocenters. The first-order valence-electron chi connectivity index (χ1n) is 6.59. The van der Waals surface area contributed by atoms with Gasteiger partial charge < -0.3 is 15.8 Å². The van der Waals surface area contributed by atoms with Crippen molar-refractivity contribution in [1.29, 1.82) is 0 Å². The molecule has 0 saturated heterocycles. The zero-order valence-corrected chi connectivity index (χ0v) is 11.8. The molecule has 2 rings (SSSR count). The Morgan fingerprint density at radius 2 is 1.89 bits per heavy atom. The highest BCUT2D eigenvalue weighted by molar-refractivity contribution is 5.44. The summed E-state index contributed by atoms with van der Waals surface area (Å²) in [4.78, 5) is 0. The zero-order chi connectivity index (χ0) is 13.3. The highest BCUT2D eigenvalue weighted by Crippen LogP contribution is 2.53. The molecule has 0 spiro atoms. The third-order valence-electron chi connectivity index (χ3n) is 4.13. The van der Waals surface area contributed by atoms with Gasteiger partial charge in [0.1, 0.15) is 5.75 Å². The van der Waals surface area contributed by atoms with E-state index in [1.54, 1.807) is 7.11 Å². The highest BCUT2D eigenvalue weighted by Gasteiger charge is 2.47. The first kappa shape index (κ1) is 13.4. The van der Waals surface area contributed by atoms with Gasteiger partial charge in [0.15, 0.2) is 0 Å². The van der Waals surface area contributed by atoms with E-state index in [0.717, 1.165) is 12.3 Å². The summed E-state index contributed by atoms with van der Waals surface area (Å²) < 4.78 is 5.41. The van der Waals surface area contributed by atoms with Gasteiger partial charge in [-0.1, -0.05) is 12.1 Å². The summed E-state index contributed by atoms with van der Waals surface area (Å²) in [5.74, 6) is 0.976. The summed E-state index contributed by atoms with van der Waals surface area (Å²) in [6, 6.07) is 4.46. The number of ether oxygens (including phenoxy) is 1. The quantitative estimate of drug-likeness (QED) is 0.840. The number of nitrogens with two attached hydrogens (primary N) is 1. The molecule has 3 N–H and O–H groups in total. The van der Waals surface area contributed by atoms with E-state index in [2.05, 4.69) is 31.3 Å². The minimum Gasteiger partial charge on any atom is -0.496 e. The van der Waals surface area contributed by atoms with E-state index < -0.39 is 0 Å². The largest absolute Gasteiger partial charge is 0.496 e. The lowest BCUT2D eigenvalue weighted by Gasteiger charge is -2.25. The lowest BCUT2D eigenvalue weighted by molar-refractivity contribution is 0.389. The Morgan fingerprint density at radius 3 is 2.28 bits per heavy atom. The molecule has 3 heteroatoms. The van der Waals surface area contributed by atoms with Crippen molar-refractivity contribution in [3.63, 3.8) is 0 Å². The molecule has 1 saturated carbocycles. The third-order valence-corrected chi connectivity index (χ3v) is 4.13. The average Bonchev–Trinajstić information content (AvgIpc) is 3.09. The van der Waals surface area contributed by atoms with E-state index in [1.165, 1.54) is 29.5 Å². The van der Waals surface area contributed by atoms with Crippen LogP contribution in [-0.2, 0) is 0 Å². The summed E-state index contributed by atoms with van der Waals surface area (Å²) in [6.45, 7) is 5.16. The van der Waals surface area contributed by atoms with Gasteiger partial charge in [0.25, 0.3) is 0 Å². The lowest BCUT2D eigenvalue weighted by Crippen LogP contribution is -2.31. The van der Waals surface area contributed by atoms with Crippen LogP contribution < -0.4 is 15.8 Å². The van der Waals surface area contributed by atoms with Gasteiger partial charge in [-0.05, 0) is 50.4 Å². The van der Waals surface area contributed by atoms with Crippen molar-refractivity contribution in [2.45, 2.75) is 32.7 Å². The van der Waals surface area contributed by atoms with Crippen LogP contribution in [0.5, 0.6) is 5.75 Å². The van der Waals surface area contributed by atoms with Crippen LogP contribution >= 0.6 is 0 Å². The molecule has 1 aliphatic carbocycles. The molecule has 3 nitrogen and oxygen atoms in total. The number of benzene rings is 1. The molecule has 1 aliphatic rings. The predicted octanol–water partition coefficient (Wildman–Crippen LogP) is 2.31. The molecule has 0 amide bonds. The van der Waals surface area contributed by atoms with Gasteiger partial charge in [-0.25, -0.2) is 0 Å². The van der Waals surface area contributed by atoms with Gasteiger partial charge in [0, 0.05) is 18.0 Å². The molecule has 1 aromatic rings. The number of rotatable bonds is 5. The van der Waals surface area contributed by atoms with Gasteiger partial charge in [0.2, 0.25) is 0 Å². The molecular formula is C15H24N2O. The van der Waals surface area contributed by atoms with E-state index in [-0.39, 0.29) is 11.5 Å². The first-order valence-corrected chi connectivity index (χ1v) is 6.59. The maximum Gasteiger partial charge on any atom is 0.124 e. The fourth-order valence-corrected chi connectivity index (χ4v) is 2.95. The standard InChI is InChI=1S/C15H24N2O/c1-10-7-12(8-11(2)13(10)18-4)14(16)15(5-6-15)9-17-3/h7-8,14,17H,5-6,9,16H2,1-4H3. The monoisotopic (exact) mass is 248 g/mol. The Bertz CT molecular complexity index is 415. The molecule has 1 unspecified atom stereocenters. The Morgan fingerprint density at radius 1 is 1.33 bits per heavy atom. The van der Waals surface area contributed by atoms with Crippen molar-refractivity contribution < 1.29 is 4.74 Å². The smallest absolute Gasteiger partial charge is 0.124 e. The normalized spacial score (nSPS) is 18.5. The number of hydrogen-bond donors (Lipinski definition) is 2. The van der Waals surface area contributed by atoms with Crippen LogP contribution in [0.3, 0.4) is 0 Å². The Kier molecular flexibility index (Phi) is 3.64. The van der Waals surface area contributed by atoms with Crippen molar-refractivity contribution in [3.05, 3.63) is 28.8 Å². The van der Waals surface area contributed by atoms with Gasteiger partial charge in [-0.2, -0.15) is 0 Å². The van der Waals surface area contributed by atoms with E-state index in [9.17, 15) is 0 Å². The van der Waals surface area contributed by atoms with Crippen LogP contribution in [0.4, 0.5) is 0 Å². The molecule has 18 heavy (non-hydrogen) atoms. The Labute approximate surface area is 110 Å². The lowest BCUT2D eigenvalue weighted by atomic mass is 9.88. The van der Waals surface area contributed by atoms with E-state index >= 15 is 0 Å². The predicted molar refractivity (Wildman–Crippen MR) is 75.0 cm³/mol. The van der Waals surface area contributed by atoms with Crippen molar-refractivity contribution in [2.75, 3.05) is 20.7 Å². The molecule has 0 radical (unpaired) electrons. The first-order chi connectivity index (χ1) is 8.54. The van der Waals surface area contributed by atoms with Crippen LogP contribution in [0, 0.1) is 19.3 Å². The average molecular weight is 248 g/mol. The number of methoxy groups -OCH3 is 1. The number of nitrogens with one attached hydrogen (secondary N) is 1. The van der Waals surface area contributed by atoms with Crippen LogP contribution in [0.15, 0.2) is 12.1 Å². The number of aryl methyl sites for hydroxylation is 2. The molecule has 0 aromatic heterocycles. The van der Waals surface area contributed by atoms with E-state index in [4.69, 9.17) is 10.5 Å². The summed E-state index contributed by atoms with van der Waals surface area (Å²) >= 11 is 0. The molecular weight excluding hydrogens is 224 g/mol. The summed E-state index contributed by atoms with van der Waals surface area (Å²) in [5, 5.41) is 3.27. The maximum absolute atomic E-state index is 6.47. The van der Waals surface area contributed by atoms with Crippen LogP contribution in [0.1, 0.15) is 35.6 Å². The van der Waals surface area contributed by atoms with Crippen molar-refractivity contribution in [2.24, 2.45) is 11.1 Å².